The van der Waals surface area contributed by atoms with E-state index < -0.39 is 0 Å². The lowest BCUT2D eigenvalue weighted by molar-refractivity contribution is -1.01. The molecule has 3 rings (SSSR count). The highest BCUT2D eigenvalue weighted by molar-refractivity contribution is 5.76. The summed E-state index contributed by atoms with van der Waals surface area (Å²) in [6.45, 7) is 6.98. The molecule has 0 atom stereocenters. The molecule has 1 aliphatic heterocycles. The second-order valence-corrected chi connectivity index (χ2v) is 7.90. The van der Waals surface area contributed by atoms with Gasteiger partial charge in [0, 0.05) is 6.54 Å². The molecule has 27 heavy (non-hydrogen) atoms. The van der Waals surface area contributed by atoms with Crippen LogP contribution >= 0.6 is 0 Å². The molecule has 0 bridgehead atoms. The van der Waals surface area contributed by atoms with E-state index in [2.05, 4.69) is 47.8 Å². The summed E-state index contributed by atoms with van der Waals surface area (Å²) in [6.07, 6.45) is 13.0. The summed E-state index contributed by atoms with van der Waals surface area (Å²) >= 11 is 0. The molecule has 1 aliphatic carbocycles. The lowest BCUT2D eigenvalue weighted by Crippen LogP contribution is -3.28. The Morgan fingerprint density at radius 2 is 1.81 bits per heavy atom. The molecule has 4 nitrogen and oxygen atoms in total. The summed E-state index contributed by atoms with van der Waals surface area (Å²) in [5.74, 6) is 0.217. The number of hydrogen-bond donors (Lipinski definition) is 3. The van der Waals surface area contributed by atoms with Crippen LogP contribution in [0, 0.1) is 0 Å². The zero-order valence-electron chi connectivity index (χ0n) is 16.5. The summed E-state index contributed by atoms with van der Waals surface area (Å²) in [7, 11) is 0. The Bertz CT molecular complexity index is 630. The summed E-state index contributed by atoms with van der Waals surface area (Å²) < 4.78 is 0. The Kier molecular flexibility index (Phi) is 8.12. The van der Waals surface area contributed by atoms with Crippen LogP contribution in [0.1, 0.15) is 37.7 Å². The molecule has 146 valence electrons. The minimum atomic E-state index is 0.217. The largest absolute Gasteiger partial charge is 0.351 e. The first-order valence-electron chi connectivity index (χ1n) is 10.6. The molecule has 2 aliphatic rings. The molecular formula is C23H35N3O+2. The minimum absolute atomic E-state index is 0.217. The maximum absolute atomic E-state index is 12.2. The molecule has 0 spiro atoms. The van der Waals surface area contributed by atoms with E-state index >= 15 is 0 Å². The number of benzene rings is 1. The molecule has 1 aromatic rings. The number of allylic oxidation sites excluding steroid dienone is 1. The first kappa shape index (κ1) is 19.8. The van der Waals surface area contributed by atoms with E-state index in [0.717, 1.165) is 45.7 Å². The van der Waals surface area contributed by atoms with Gasteiger partial charge in [0.1, 0.15) is 26.2 Å². The summed E-state index contributed by atoms with van der Waals surface area (Å²) in [5.41, 5.74) is 2.80. The molecule has 1 amide bonds. The molecule has 0 radical (unpaired) electrons. The predicted molar refractivity (Wildman–Crippen MR) is 111 cm³/mol. The number of piperazine rings is 1. The first-order chi connectivity index (χ1) is 13.3. The normalized spacial score (nSPS) is 23.2. The predicted octanol–water partition coefficient (Wildman–Crippen LogP) is 0.490. The van der Waals surface area contributed by atoms with E-state index in [4.69, 9.17) is 0 Å². The van der Waals surface area contributed by atoms with Gasteiger partial charge in [-0.2, -0.15) is 0 Å². The number of nitrogens with one attached hydrogen (secondary N) is 3. The fourth-order valence-corrected chi connectivity index (χ4v) is 4.05. The molecule has 0 saturated carbocycles. The molecule has 1 fully saturated rings. The van der Waals surface area contributed by atoms with E-state index in [1.165, 1.54) is 41.7 Å². The van der Waals surface area contributed by atoms with Crippen molar-refractivity contribution in [2.24, 2.45) is 0 Å². The summed E-state index contributed by atoms with van der Waals surface area (Å²) in [4.78, 5) is 15.2. The average Bonchev–Trinajstić information content (AvgIpc) is 2.71. The van der Waals surface area contributed by atoms with Crippen LogP contribution in [-0.2, 0) is 4.79 Å². The monoisotopic (exact) mass is 369 g/mol. The zero-order valence-corrected chi connectivity index (χ0v) is 16.5. The highest BCUT2D eigenvalue weighted by atomic mass is 16.2. The standard InChI is InChI=1S/C23H33N3O/c27-23(24-14-13-22-10-5-2-6-11-22)20-26-18-16-25(17-19-26)15-7-12-21-8-3-1-4-9-21/h1,3-4,7-10,12H,2,5-6,11,13-20H2,(H,24,27)/p+2/b12-7+. The maximum Gasteiger partial charge on any atom is 0.275 e. The maximum atomic E-state index is 12.2. The van der Waals surface area contributed by atoms with Crippen LogP contribution in [0.5, 0.6) is 0 Å². The molecule has 4 heteroatoms. The van der Waals surface area contributed by atoms with E-state index in [0.29, 0.717) is 6.54 Å². The fourth-order valence-electron chi connectivity index (χ4n) is 4.05. The van der Waals surface area contributed by atoms with Gasteiger partial charge in [-0.05, 0) is 43.7 Å². The first-order valence-corrected chi connectivity index (χ1v) is 10.6. The third kappa shape index (κ3) is 7.31. The number of carbonyl (C=O) groups is 1. The van der Waals surface area contributed by atoms with Crippen LogP contribution in [-0.4, -0.2) is 51.7 Å². The van der Waals surface area contributed by atoms with E-state index in [-0.39, 0.29) is 5.91 Å². The third-order valence-corrected chi connectivity index (χ3v) is 5.74. The van der Waals surface area contributed by atoms with Crippen LogP contribution in [0.3, 0.4) is 0 Å². The summed E-state index contributed by atoms with van der Waals surface area (Å²) in [5, 5.41) is 3.12. The average molecular weight is 370 g/mol. The van der Waals surface area contributed by atoms with Gasteiger partial charge in [-0.1, -0.05) is 48.1 Å². The van der Waals surface area contributed by atoms with Crippen LogP contribution < -0.4 is 15.1 Å². The summed E-state index contributed by atoms with van der Waals surface area (Å²) in [6, 6.07) is 10.5. The molecule has 1 aromatic carbocycles. The van der Waals surface area contributed by atoms with Gasteiger partial charge in [-0.3, -0.25) is 4.79 Å². The van der Waals surface area contributed by atoms with Crippen LogP contribution in [0.15, 0.2) is 48.1 Å². The van der Waals surface area contributed by atoms with E-state index in [1.807, 2.05) is 6.07 Å². The SMILES string of the molecule is O=C(C[NH+]1CC[NH+](C/C=C/c2ccccc2)CC1)NCCC1=CCCCC1. The second kappa shape index (κ2) is 11.1. The van der Waals surface area contributed by atoms with Crippen molar-refractivity contribution in [1.29, 1.82) is 0 Å². The fraction of sp³-hybridized carbons (Fsp3) is 0.522. The van der Waals surface area contributed by atoms with E-state index in [9.17, 15) is 4.79 Å². The van der Waals surface area contributed by atoms with Crippen molar-refractivity contribution in [3.8, 4) is 0 Å². The Morgan fingerprint density at radius 3 is 2.56 bits per heavy atom. The number of rotatable bonds is 8. The second-order valence-electron chi connectivity index (χ2n) is 7.90. The lowest BCUT2D eigenvalue weighted by Gasteiger charge is -2.28. The Morgan fingerprint density at radius 1 is 1.04 bits per heavy atom. The highest BCUT2D eigenvalue weighted by Gasteiger charge is 2.23. The molecular weight excluding hydrogens is 334 g/mol. The molecule has 1 saturated heterocycles. The van der Waals surface area contributed by atoms with Gasteiger partial charge in [0.25, 0.3) is 5.91 Å². The van der Waals surface area contributed by atoms with Crippen molar-refractivity contribution in [2.75, 3.05) is 45.8 Å². The van der Waals surface area contributed by atoms with Gasteiger partial charge in [0.05, 0.1) is 6.54 Å². The Labute approximate surface area is 163 Å². The van der Waals surface area contributed by atoms with Gasteiger partial charge < -0.3 is 15.1 Å². The number of amides is 1. The Hall–Kier alpha value is -1.91. The third-order valence-electron chi connectivity index (χ3n) is 5.74. The topological polar surface area (TPSA) is 38.0 Å². The van der Waals surface area contributed by atoms with Crippen molar-refractivity contribution in [3.05, 3.63) is 53.6 Å². The van der Waals surface area contributed by atoms with Crippen molar-refractivity contribution in [1.82, 2.24) is 5.32 Å². The van der Waals surface area contributed by atoms with Gasteiger partial charge in [-0.15, -0.1) is 0 Å². The van der Waals surface area contributed by atoms with Crippen molar-refractivity contribution >= 4 is 12.0 Å². The van der Waals surface area contributed by atoms with Crippen molar-refractivity contribution < 1.29 is 14.6 Å². The molecule has 1 heterocycles. The smallest absolute Gasteiger partial charge is 0.275 e. The van der Waals surface area contributed by atoms with Gasteiger partial charge >= 0.3 is 0 Å². The van der Waals surface area contributed by atoms with E-state index in [1.54, 1.807) is 4.90 Å². The number of hydrogen-bond acceptors (Lipinski definition) is 1. The van der Waals surface area contributed by atoms with Crippen LogP contribution in [0.4, 0.5) is 0 Å². The van der Waals surface area contributed by atoms with Gasteiger partial charge in [-0.25, -0.2) is 0 Å². The number of quaternary nitrogens is 2. The lowest BCUT2D eigenvalue weighted by atomic mass is 9.97. The zero-order chi connectivity index (χ0) is 18.7. The number of carbonyl (C=O) groups excluding carboxylic acids is 1. The van der Waals surface area contributed by atoms with Crippen LogP contribution in [0.2, 0.25) is 0 Å². The van der Waals surface area contributed by atoms with Crippen molar-refractivity contribution in [2.45, 2.75) is 32.1 Å². The van der Waals surface area contributed by atoms with Crippen LogP contribution in [0.25, 0.3) is 6.08 Å². The highest BCUT2D eigenvalue weighted by Crippen LogP contribution is 2.19. The quantitative estimate of drug-likeness (QED) is 0.574. The molecule has 0 unspecified atom stereocenters. The Balaban J connectivity index is 1.28. The van der Waals surface area contributed by atoms with Gasteiger partial charge in [0.2, 0.25) is 0 Å². The minimum Gasteiger partial charge on any atom is -0.351 e. The molecule has 0 aromatic heterocycles. The van der Waals surface area contributed by atoms with Gasteiger partial charge in [0.15, 0.2) is 6.54 Å². The van der Waals surface area contributed by atoms with Crippen molar-refractivity contribution in [3.63, 3.8) is 0 Å². The molecule has 3 N–H and O–H groups in total.